The number of esters is 1. The summed E-state index contributed by atoms with van der Waals surface area (Å²) in [7, 11) is 1.69. The van der Waals surface area contributed by atoms with Gasteiger partial charge >= 0.3 is 5.97 Å². The molecule has 0 amide bonds. The van der Waals surface area contributed by atoms with Gasteiger partial charge in [0.2, 0.25) is 0 Å². The van der Waals surface area contributed by atoms with Crippen LogP contribution in [0.1, 0.15) is 22.8 Å². The summed E-state index contributed by atoms with van der Waals surface area (Å²) >= 11 is 0. The molecule has 8 nitrogen and oxygen atoms in total. The van der Waals surface area contributed by atoms with Gasteiger partial charge in [-0.05, 0) is 6.92 Å². The van der Waals surface area contributed by atoms with Crippen molar-refractivity contribution in [1.82, 2.24) is 19.7 Å². The van der Waals surface area contributed by atoms with Crippen molar-refractivity contribution in [2.45, 2.75) is 6.92 Å². The molecular weight excluding hydrogens is 332 g/mol. The van der Waals surface area contributed by atoms with Gasteiger partial charge in [-0.3, -0.25) is 4.68 Å². The lowest BCUT2D eigenvalue weighted by Crippen LogP contribution is -2.12. The van der Waals surface area contributed by atoms with Crippen LogP contribution in [0.4, 0.5) is 11.6 Å². The van der Waals surface area contributed by atoms with Gasteiger partial charge in [0.05, 0.1) is 12.8 Å². The van der Waals surface area contributed by atoms with Crippen LogP contribution in [0.5, 0.6) is 0 Å². The zero-order chi connectivity index (χ0) is 18.5. The number of hydrogen-bond acceptors (Lipinski definition) is 7. The number of nitrogens with zero attached hydrogens (tertiary/aromatic N) is 5. The number of carbonyl (C=O) groups excluding carboxylic acids is 1. The van der Waals surface area contributed by atoms with Crippen LogP contribution >= 0.6 is 0 Å². The Hall–Kier alpha value is -3.73. The Bertz CT molecular complexity index is 975. The second kappa shape index (κ2) is 7.44. The van der Waals surface area contributed by atoms with E-state index in [4.69, 9.17) is 4.74 Å². The average molecular weight is 348 g/mol. The van der Waals surface area contributed by atoms with Crippen molar-refractivity contribution < 1.29 is 9.53 Å². The summed E-state index contributed by atoms with van der Waals surface area (Å²) in [5.74, 6) is 0.574. The Kier molecular flexibility index (Phi) is 4.90. The van der Waals surface area contributed by atoms with Crippen molar-refractivity contribution in [2.24, 2.45) is 7.05 Å². The number of aromatic nitrogens is 4. The first kappa shape index (κ1) is 17.1. The highest BCUT2D eigenvalue weighted by molar-refractivity contribution is 5.95. The Balaban J connectivity index is 2.08. The van der Waals surface area contributed by atoms with Crippen LogP contribution in [0.2, 0.25) is 0 Å². The monoisotopic (exact) mass is 348 g/mol. The minimum Gasteiger partial charge on any atom is -0.462 e. The second-order valence-corrected chi connectivity index (χ2v) is 5.31. The molecule has 0 atom stereocenters. The van der Waals surface area contributed by atoms with Gasteiger partial charge < -0.3 is 10.1 Å². The molecule has 2 heterocycles. The number of nitriles is 1. The molecule has 0 saturated heterocycles. The van der Waals surface area contributed by atoms with Crippen LogP contribution in [0.15, 0.2) is 42.7 Å². The van der Waals surface area contributed by atoms with E-state index in [1.807, 2.05) is 30.3 Å². The lowest BCUT2D eigenvalue weighted by Gasteiger charge is -2.12. The lowest BCUT2D eigenvalue weighted by molar-refractivity contribution is 0.0526. The summed E-state index contributed by atoms with van der Waals surface area (Å²) in [6, 6.07) is 11.4. The van der Waals surface area contributed by atoms with Crippen molar-refractivity contribution >= 4 is 17.6 Å². The van der Waals surface area contributed by atoms with E-state index in [1.54, 1.807) is 14.0 Å². The van der Waals surface area contributed by atoms with Gasteiger partial charge in [0.1, 0.15) is 28.8 Å². The van der Waals surface area contributed by atoms with Crippen molar-refractivity contribution in [3.05, 3.63) is 53.9 Å². The normalized spacial score (nSPS) is 10.2. The van der Waals surface area contributed by atoms with E-state index < -0.39 is 5.97 Å². The van der Waals surface area contributed by atoms with Crippen LogP contribution in [0.3, 0.4) is 0 Å². The molecule has 3 rings (SSSR count). The minimum absolute atomic E-state index is 0.177. The predicted molar refractivity (Wildman–Crippen MR) is 94.6 cm³/mol. The first-order chi connectivity index (χ1) is 12.6. The number of ether oxygens (including phenoxy) is 1. The molecule has 8 heteroatoms. The molecule has 1 aromatic carbocycles. The Morgan fingerprint density at radius 3 is 2.77 bits per heavy atom. The van der Waals surface area contributed by atoms with E-state index in [0.29, 0.717) is 17.2 Å². The molecule has 0 bridgehead atoms. The average Bonchev–Trinajstić information content (AvgIpc) is 3.02. The molecule has 0 radical (unpaired) electrons. The van der Waals surface area contributed by atoms with Crippen molar-refractivity contribution in [2.75, 3.05) is 11.9 Å². The Morgan fingerprint density at radius 1 is 1.31 bits per heavy atom. The maximum absolute atomic E-state index is 12.3. The number of carbonyl (C=O) groups is 1. The largest absolute Gasteiger partial charge is 0.462 e. The fourth-order valence-electron chi connectivity index (χ4n) is 2.34. The molecule has 0 aliphatic heterocycles. The summed E-state index contributed by atoms with van der Waals surface area (Å²) in [5, 5.41) is 16.3. The van der Waals surface area contributed by atoms with Gasteiger partial charge in [0, 0.05) is 18.8 Å². The molecule has 0 fully saturated rings. The zero-order valence-electron chi connectivity index (χ0n) is 14.3. The number of hydrogen-bond donors (Lipinski definition) is 1. The first-order valence-electron chi connectivity index (χ1n) is 7.92. The van der Waals surface area contributed by atoms with E-state index in [1.165, 1.54) is 17.1 Å². The third-order valence-electron chi connectivity index (χ3n) is 3.61. The van der Waals surface area contributed by atoms with Gasteiger partial charge in [-0.25, -0.2) is 14.8 Å². The molecule has 0 aliphatic rings. The Labute approximate surface area is 150 Å². The summed E-state index contributed by atoms with van der Waals surface area (Å²) < 4.78 is 6.57. The number of nitrogens with one attached hydrogen (secondary N) is 1. The fraction of sp³-hybridized carbons (Fsp3) is 0.167. The van der Waals surface area contributed by atoms with Gasteiger partial charge in [0.25, 0.3) is 0 Å². The van der Waals surface area contributed by atoms with E-state index in [-0.39, 0.29) is 18.0 Å². The van der Waals surface area contributed by atoms with Crippen LogP contribution in [-0.4, -0.2) is 32.3 Å². The Morgan fingerprint density at radius 2 is 2.08 bits per heavy atom. The standard InChI is InChI=1S/C18H16N6O2/c1-3-26-18(25)14-11-20-15(12-7-5-4-6-8-12)22-16(14)23-17-13(9-19)10-21-24(17)2/h4-8,10-11H,3H2,1-2H3,(H,20,22,23). The molecule has 0 unspecified atom stereocenters. The van der Waals surface area contributed by atoms with Gasteiger partial charge in [-0.2, -0.15) is 10.4 Å². The third kappa shape index (κ3) is 3.37. The van der Waals surface area contributed by atoms with Crippen LogP contribution in [-0.2, 0) is 11.8 Å². The molecular formula is C18H16N6O2. The van der Waals surface area contributed by atoms with Crippen LogP contribution in [0, 0.1) is 11.3 Å². The highest BCUT2D eigenvalue weighted by Crippen LogP contribution is 2.24. The molecule has 0 aliphatic carbocycles. The first-order valence-corrected chi connectivity index (χ1v) is 7.92. The number of aryl methyl sites for hydroxylation is 1. The summed E-state index contributed by atoms with van der Waals surface area (Å²) in [5.41, 5.74) is 1.32. The molecule has 26 heavy (non-hydrogen) atoms. The third-order valence-corrected chi connectivity index (χ3v) is 3.61. The van der Waals surface area contributed by atoms with Gasteiger partial charge in [0.15, 0.2) is 5.82 Å². The lowest BCUT2D eigenvalue weighted by atomic mass is 10.2. The zero-order valence-corrected chi connectivity index (χ0v) is 14.3. The van der Waals surface area contributed by atoms with Crippen LogP contribution < -0.4 is 5.32 Å². The molecule has 2 aromatic heterocycles. The summed E-state index contributed by atoms with van der Waals surface area (Å²) in [4.78, 5) is 21.0. The van der Waals surface area contributed by atoms with Crippen molar-refractivity contribution in [1.29, 1.82) is 5.26 Å². The van der Waals surface area contributed by atoms with Gasteiger partial charge in [-0.15, -0.1) is 0 Å². The maximum atomic E-state index is 12.3. The highest BCUT2D eigenvalue weighted by atomic mass is 16.5. The molecule has 1 N–H and O–H groups in total. The maximum Gasteiger partial charge on any atom is 0.343 e. The van der Waals surface area contributed by atoms with E-state index in [0.717, 1.165) is 5.56 Å². The van der Waals surface area contributed by atoms with Crippen molar-refractivity contribution in [3.8, 4) is 17.5 Å². The molecule has 0 saturated carbocycles. The van der Waals surface area contributed by atoms with E-state index in [9.17, 15) is 10.1 Å². The smallest absolute Gasteiger partial charge is 0.343 e. The number of rotatable bonds is 5. The SMILES string of the molecule is CCOC(=O)c1cnc(-c2ccccc2)nc1Nc1c(C#N)cnn1C. The highest BCUT2D eigenvalue weighted by Gasteiger charge is 2.19. The molecule has 130 valence electrons. The fourth-order valence-corrected chi connectivity index (χ4v) is 2.34. The number of anilines is 2. The predicted octanol–water partition coefficient (Wildman–Crippen LogP) is 2.67. The van der Waals surface area contributed by atoms with E-state index >= 15 is 0 Å². The number of benzene rings is 1. The molecule has 0 spiro atoms. The quantitative estimate of drug-likeness (QED) is 0.707. The van der Waals surface area contributed by atoms with Gasteiger partial charge in [-0.1, -0.05) is 30.3 Å². The topological polar surface area (TPSA) is 106 Å². The molecule has 3 aromatic rings. The van der Waals surface area contributed by atoms with Crippen molar-refractivity contribution in [3.63, 3.8) is 0 Å². The second-order valence-electron chi connectivity index (χ2n) is 5.31. The minimum atomic E-state index is -0.546. The van der Waals surface area contributed by atoms with E-state index in [2.05, 4.69) is 26.5 Å². The summed E-state index contributed by atoms with van der Waals surface area (Å²) in [6.07, 6.45) is 2.85. The summed E-state index contributed by atoms with van der Waals surface area (Å²) in [6.45, 7) is 1.95. The van der Waals surface area contributed by atoms with Crippen LogP contribution in [0.25, 0.3) is 11.4 Å².